The SMILES string of the molecule is COC(C)c1nn(C(F)P)c2cc(OCc3ccccc3)ccc12. The van der Waals surface area contributed by atoms with Gasteiger partial charge in [0.25, 0.3) is 0 Å². The average Bonchev–Trinajstić information content (AvgIpc) is 2.99. The minimum Gasteiger partial charge on any atom is -0.489 e. The Morgan fingerprint density at radius 1 is 1.21 bits per heavy atom. The number of hydrogen-bond acceptors (Lipinski definition) is 3. The number of alkyl halides is 1. The van der Waals surface area contributed by atoms with E-state index in [1.807, 2.05) is 55.5 Å². The molecule has 0 radical (unpaired) electrons. The monoisotopic (exact) mass is 346 g/mol. The second kappa shape index (κ2) is 7.29. The summed E-state index contributed by atoms with van der Waals surface area (Å²) < 4.78 is 26.4. The van der Waals surface area contributed by atoms with Crippen LogP contribution in [-0.4, -0.2) is 16.9 Å². The van der Waals surface area contributed by atoms with E-state index in [1.165, 1.54) is 4.68 Å². The van der Waals surface area contributed by atoms with Crippen LogP contribution in [-0.2, 0) is 11.3 Å². The largest absolute Gasteiger partial charge is 0.489 e. The lowest BCUT2D eigenvalue weighted by molar-refractivity contribution is 0.116. The molecule has 2 aromatic carbocycles. The number of aromatic nitrogens is 2. The summed E-state index contributed by atoms with van der Waals surface area (Å²) in [6, 6.07) is 14.2. The van der Waals surface area contributed by atoms with E-state index >= 15 is 0 Å². The lowest BCUT2D eigenvalue weighted by atomic mass is 10.1. The smallest absolute Gasteiger partial charge is 0.204 e. The van der Waals surface area contributed by atoms with Gasteiger partial charge >= 0.3 is 0 Å². The molecule has 0 spiro atoms. The van der Waals surface area contributed by atoms with Crippen LogP contribution in [0.1, 0.15) is 30.3 Å². The van der Waals surface area contributed by atoms with Gasteiger partial charge in [-0.1, -0.05) is 39.6 Å². The molecule has 0 aliphatic heterocycles. The number of ether oxygens (including phenoxy) is 2. The van der Waals surface area contributed by atoms with E-state index in [9.17, 15) is 4.39 Å². The second-order valence-corrected chi connectivity index (χ2v) is 6.08. The summed E-state index contributed by atoms with van der Waals surface area (Å²) in [5, 5.41) is 5.22. The van der Waals surface area contributed by atoms with E-state index < -0.39 is 6.04 Å². The van der Waals surface area contributed by atoms with Crippen LogP contribution < -0.4 is 4.74 Å². The summed E-state index contributed by atoms with van der Waals surface area (Å²) in [6.07, 6.45) is -0.214. The standard InChI is InChI=1S/C18H20FN2O2P/c1-12(22-2)17-15-9-8-14(10-16(15)21(20-17)18(19)24)23-11-13-6-4-3-5-7-13/h3-10,12,18H,11,24H2,1-2H3. The van der Waals surface area contributed by atoms with Crippen molar-refractivity contribution in [2.75, 3.05) is 7.11 Å². The van der Waals surface area contributed by atoms with E-state index in [1.54, 1.807) is 7.11 Å². The van der Waals surface area contributed by atoms with Gasteiger partial charge in [0.2, 0.25) is 6.04 Å². The van der Waals surface area contributed by atoms with Gasteiger partial charge in [-0.15, -0.1) is 0 Å². The summed E-state index contributed by atoms with van der Waals surface area (Å²) in [7, 11) is 3.73. The zero-order valence-corrected chi connectivity index (χ0v) is 14.8. The summed E-state index contributed by atoms with van der Waals surface area (Å²) in [6.45, 7) is 2.35. The van der Waals surface area contributed by atoms with Gasteiger partial charge < -0.3 is 9.47 Å². The maximum Gasteiger partial charge on any atom is 0.204 e. The Morgan fingerprint density at radius 3 is 2.62 bits per heavy atom. The number of fused-ring (bicyclic) bond motifs is 1. The van der Waals surface area contributed by atoms with Crippen molar-refractivity contribution >= 4 is 20.1 Å². The number of nitrogens with zero attached hydrogens (tertiary/aromatic N) is 2. The van der Waals surface area contributed by atoms with E-state index in [0.717, 1.165) is 10.9 Å². The molecule has 0 saturated carbocycles. The maximum atomic E-state index is 13.9. The third-order valence-corrected chi connectivity index (χ3v) is 4.21. The molecule has 4 nitrogen and oxygen atoms in total. The Bertz CT molecular complexity index is 821. The van der Waals surface area contributed by atoms with Crippen molar-refractivity contribution in [2.45, 2.75) is 25.7 Å². The Kier molecular flexibility index (Phi) is 5.12. The molecule has 0 fully saturated rings. The third kappa shape index (κ3) is 3.42. The highest BCUT2D eigenvalue weighted by Crippen LogP contribution is 2.32. The molecule has 1 heterocycles. The van der Waals surface area contributed by atoms with Crippen molar-refractivity contribution in [3.8, 4) is 5.75 Å². The Balaban J connectivity index is 1.93. The average molecular weight is 346 g/mol. The number of halogens is 1. The number of rotatable bonds is 6. The summed E-state index contributed by atoms with van der Waals surface area (Å²) in [4.78, 5) is 0. The van der Waals surface area contributed by atoms with Crippen LogP contribution in [0.25, 0.3) is 10.9 Å². The van der Waals surface area contributed by atoms with Gasteiger partial charge in [0.15, 0.2) is 0 Å². The molecule has 3 atom stereocenters. The molecule has 0 N–H and O–H groups in total. The summed E-state index contributed by atoms with van der Waals surface area (Å²) in [5.41, 5.74) is 2.48. The van der Waals surface area contributed by atoms with Crippen molar-refractivity contribution in [1.29, 1.82) is 0 Å². The highest BCUT2D eigenvalue weighted by Gasteiger charge is 2.19. The predicted octanol–water partition coefficient (Wildman–Crippen LogP) is 4.62. The van der Waals surface area contributed by atoms with E-state index in [4.69, 9.17) is 9.47 Å². The van der Waals surface area contributed by atoms with Crippen LogP contribution in [0.5, 0.6) is 5.75 Å². The highest BCUT2D eigenvalue weighted by atomic mass is 31.0. The molecule has 3 aromatic rings. The van der Waals surface area contributed by atoms with E-state index in [2.05, 4.69) is 14.3 Å². The van der Waals surface area contributed by atoms with Gasteiger partial charge in [0, 0.05) is 18.6 Å². The number of hydrogen-bond donors (Lipinski definition) is 0. The van der Waals surface area contributed by atoms with Crippen molar-refractivity contribution in [2.24, 2.45) is 0 Å². The summed E-state index contributed by atoms with van der Waals surface area (Å²) >= 11 is 0. The Hall–Kier alpha value is -1.97. The molecule has 6 heteroatoms. The number of methoxy groups -OCH3 is 1. The first kappa shape index (κ1) is 16.9. The van der Waals surface area contributed by atoms with E-state index in [0.29, 0.717) is 23.6 Å². The zero-order valence-electron chi connectivity index (χ0n) is 13.6. The molecule has 3 rings (SSSR count). The molecule has 3 unspecified atom stereocenters. The van der Waals surface area contributed by atoms with Crippen LogP contribution in [0.4, 0.5) is 4.39 Å². The second-order valence-electron chi connectivity index (χ2n) is 5.53. The molecule has 0 aliphatic carbocycles. The first-order chi connectivity index (χ1) is 11.6. The van der Waals surface area contributed by atoms with Crippen molar-refractivity contribution in [3.05, 3.63) is 59.8 Å². The van der Waals surface area contributed by atoms with E-state index in [-0.39, 0.29) is 6.10 Å². The molecule has 126 valence electrons. The normalized spacial score (nSPS) is 13.8. The lowest BCUT2D eigenvalue weighted by Gasteiger charge is -2.08. The molecule has 1 aromatic heterocycles. The minimum absolute atomic E-state index is 0.214. The molecule has 0 saturated heterocycles. The highest BCUT2D eigenvalue weighted by molar-refractivity contribution is 7.16. The molecule has 0 bridgehead atoms. The first-order valence-electron chi connectivity index (χ1n) is 7.71. The Labute approximate surface area is 142 Å². The van der Waals surface area contributed by atoms with Gasteiger partial charge in [0.05, 0.1) is 17.3 Å². The zero-order chi connectivity index (χ0) is 17.1. The third-order valence-electron chi connectivity index (χ3n) is 3.93. The fraction of sp³-hybridized carbons (Fsp3) is 0.278. The molecular formula is C18H20FN2O2P. The van der Waals surface area contributed by atoms with Crippen molar-refractivity contribution < 1.29 is 13.9 Å². The van der Waals surface area contributed by atoms with Crippen molar-refractivity contribution in [1.82, 2.24) is 9.78 Å². The molecular weight excluding hydrogens is 326 g/mol. The van der Waals surface area contributed by atoms with Gasteiger partial charge in [-0.2, -0.15) is 5.10 Å². The molecule has 0 aliphatic rings. The van der Waals surface area contributed by atoms with Crippen LogP contribution in [0, 0.1) is 0 Å². The number of benzene rings is 2. The van der Waals surface area contributed by atoms with Crippen LogP contribution in [0.2, 0.25) is 0 Å². The Morgan fingerprint density at radius 2 is 1.96 bits per heavy atom. The van der Waals surface area contributed by atoms with Gasteiger partial charge in [-0.05, 0) is 24.6 Å². The van der Waals surface area contributed by atoms with Crippen LogP contribution >= 0.6 is 9.24 Å². The predicted molar refractivity (Wildman–Crippen MR) is 95.8 cm³/mol. The fourth-order valence-corrected chi connectivity index (χ4v) is 2.80. The molecule has 24 heavy (non-hydrogen) atoms. The van der Waals surface area contributed by atoms with Gasteiger partial charge in [-0.3, -0.25) is 0 Å². The first-order valence-corrected chi connectivity index (χ1v) is 8.38. The van der Waals surface area contributed by atoms with Crippen molar-refractivity contribution in [3.63, 3.8) is 0 Å². The van der Waals surface area contributed by atoms with Crippen LogP contribution in [0.15, 0.2) is 48.5 Å². The molecule has 0 amide bonds. The summed E-state index contributed by atoms with van der Waals surface area (Å²) in [5.74, 6) is 0.676. The van der Waals surface area contributed by atoms with Crippen LogP contribution in [0.3, 0.4) is 0 Å². The van der Waals surface area contributed by atoms with Gasteiger partial charge in [0.1, 0.15) is 12.4 Å². The lowest BCUT2D eigenvalue weighted by Crippen LogP contribution is -2.02. The van der Waals surface area contributed by atoms with Gasteiger partial charge in [-0.25, -0.2) is 9.07 Å². The minimum atomic E-state index is -1.31. The topological polar surface area (TPSA) is 36.3 Å². The fourth-order valence-electron chi connectivity index (χ4n) is 2.57. The quantitative estimate of drug-likeness (QED) is 0.611. The maximum absolute atomic E-state index is 13.9.